The SMILES string of the molecule is CCN1CCc2c(sc(NC(=O)c3ccc(S(=O)(=O)N4CC5(C)CC4CC(C)(C)C5)cc3)c2C(=O)N(CC)CC)C1. The van der Waals surface area contributed by atoms with E-state index in [1.165, 1.54) is 11.3 Å². The molecule has 224 valence electrons. The van der Waals surface area contributed by atoms with Gasteiger partial charge in [0, 0.05) is 49.2 Å². The average molecular weight is 601 g/mol. The molecule has 1 saturated heterocycles. The van der Waals surface area contributed by atoms with Crippen molar-refractivity contribution >= 4 is 38.2 Å². The summed E-state index contributed by atoms with van der Waals surface area (Å²) in [6, 6.07) is 6.25. The van der Waals surface area contributed by atoms with E-state index in [9.17, 15) is 18.0 Å². The summed E-state index contributed by atoms with van der Waals surface area (Å²) in [5, 5.41) is 3.59. The topological polar surface area (TPSA) is 90.0 Å². The molecule has 2 bridgehead atoms. The summed E-state index contributed by atoms with van der Waals surface area (Å²) >= 11 is 1.48. The summed E-state index contributed by atoms with van der Waals surface area (Å²) in [6.07, 6.45) is 3.55. The Bertz CT molecular complexity index is 1430. The van der Waals surface area contributed by atoms with E-state index in [0.29, 0.717) is 35.8 Å². The van der Waals surface area contributed by atoms with Crippen LogP contribution in [-0.2, 0) is 23.0 Å². The van der Waals surface area contributed by atoms with Crippen molar-refractivity contribution in [2.75, 3.05) is 38.0 Å². The van der Waals surface area contributed by atoms with Gasteiger partial charge in [-0.15, -0.1) is 11.3 Å². The molecule has 3 aliphatic rings. The molecular weight excluding hydrogens is 556 g/mol. The van der Waals surface area contributed by atoms with Crippen molar-refractivity contribution in [1.82, 2.24) is 14.1 Å². The van der Waals surface area contributed by atoms with E-state index in [0.717, 1.165) is 55.8 Å². The first-order chi connectivity index (χ1) is 19.3. The second-order valence-electron chi connectivity index (χ2n) is 13.0. The van der Waals surface area contributed by atoms with Crippen LogP contribution in [0.3, 0.4) is 0 Å². The lowest BCUT2D eigenvalue weighted by Crippen LogP contribution is -2.37. The number of carbonyl (C=O) groups excluding carboxylic acids is 2. The normalized spacial score (nSPS) is 24.2. The van der Waals surface area contributed by atoms with E-state index in [1.54, 1.807) is 33.5 Å². The van der Waals surface area contributed by atoms with Gasteiger partial charge in [0.15, 0.2) is 0 Å². The van der Waals surface area contributed by atoms with E-state index in [4.69, 9.17) is 0 Å². The van der Waals surface area contributed by atoms with Gasteiger partial charge < -0.3 is 10.2 Å². The summed E-state index contributed by atoms with van der Waals surface area (Å²) in [6.45, 7) is 17.0. The molecular formula is C31H44N4O4S2. The van der Waals surface area contributed by atoms with E-state index < -0.39 is 10.0 Å². The maximum atomic E-state index is 13.7. The van der Waals surface area contributed by atoms with E-state index in [2.05, 4.69) is 37.9 Å². The number of hydrogen-bond acceptors (Lipinski definition) is 6. The Hall–Kier alpha value is -2.27. The molecule has 2 unspecified atom stereocenters. The van der Waals surface area contributed by atoms with Gasteiger partial charge in [0.05, 0.1) is 10.5 Å². The van der Waals surface area contributed by atoms with Crippen LogP contribution < -0.4 is 5.32 Å². The fourth-order valence-electron chi connectivity index (χ4n) is 7.49. The molecule has 2 amide bonds. The average Bonchev–Trinajstić information content (AvgIpc) is 3.41. The number of likely N-dealkylation sites (N-methyl/N-ethyl adjacent to an activating group) is 1. The molecule has 41 heavy (non-hydrogen) atoms. The van der Waals surface area contributed by atoms with Gasteiger partial charge in [0.1, 0.15) is 5.00 Å². The molecule has 5 rings (SSSR count). The van der Waals surface area contributed by atoms with Gasteiger partial charge in [0.25, 0.3) is 11.8 Å². The van der Waals surface area contributed by atoms with Gasteiger partial charge in [-0.1, -0.05) is 27.7 Å². The van der Waals surface area contributed by atoms with E-state index in [-0.39, 0.29) is 33.6 Å². The fraction of sp³-hybridized carbons (Fsp3) is 0.613. The van der Waals surface area contributed by atoms with Crippen LogP contribution >= 0.6 is 11.3 Å². The number of carbonyl (C=O) groups is 2. The number of nitrogens with zero attached hydrogens (tertiary/aromatic N) is 3. The minimum absolute atomic E-state index is 0.00633. The second-order valence-corrected chi connectivity index (χ2v) is 16.0. The minimum atomic E-state index is -3.68. The molecule has 0 radical (unpaired) electrons. The highest BCUT2D eigenvalue weighted by atomic mass is 32.2. The summed E-state index contributed by atoms with van der Waals surface area (Å²) < 4.78 is 29.1. The fourth-order valence-corrected chi connectivity index (χ4v) is 10.5. The molecule has 1 aromatic carbocycles. The molecule has 2 atom stereocenters. The molecule has 2 aromatic rings. The molecule has 8 nitrogen and oxygen atoms in total. The highest BCUT2D eigenvalue weighted by molar-refractivity contribution is 7.89. The maximum absolute atomic E-state index is 13.7. The van der Waals surface area contributed by atoms with Crippen LogP contribution in [0.5, 0.6) is 0 Å². The van der Waals surface area contributed by atoms with E-state index >= 15 is 0 Å². The summed E-state index contributed by atoms with van der Waals surface area (Å²) in [7, 11) is -3.68. The first-order valence-corrected chi connectivity index (χ1v) is 17.2. The Balaban J connectivity index is 1.38. The zero-order valence-corrected chi connectivity index (χ0v) is 26.9. The number of fused-ring (bicyclic) bond motifs is 3. The van der Waals surface area contributed by atoms with Crippen molar-refractivity contribution in [2.24, 2.45) is 10.8 Å². The van der Waals surface area contributed by atoms with Crippen LogP contribution in [0.25, 0.3) is 0 Å². The predicted molar refractivity (Wildman–Crippen MR) is 164 cm³/mol. The van der Waals surface area contributed by atoms with Crippen molar-refractivity contribution in [2.45, 2.75) is 84.7 Å². The van der Waals surface area contributed by atoms with Crippen molar-refractivity contribution < 1.29 is 18.0 Å². The molecule has 1 saturated carbocycles. The minimum Gasteiger partial charge on any atom is -0.339 e. The molecule has 2 aliphatic heterocycles. The quantitative estimate of drug-likeness (QED) is 0.435. The summed E-state index contributed by atoms with van der Waals surface area (Å²) in [5.41, 5.74) is 2.12. The first-order valence-electron chi connectivity index (χ1n) is 14.9. The van der Waals surface area contributed by atoms with Gasteiger partial charge in [0.2, 0.25) is 10.0 Å². The van der Waals surface area contributed by atoms with E-state index in [1.807, 2.05) is 13.8 Å². The zero-order chi connectivity index (χ0) is 29.7. The summed E-state index contributed by atoms with van der Waals surface area (Å²) in [4.78, 5) is 32.4. The standard InChI is InChI=1S/C31H44N4O4S2/c1-7-33-15-14-24-25(18-33)40-28(26(24)29(37)34(8-2)9-3)32-27(36)21-10-12-23(13-11-21)41(38,39)35-20-31(6)17-22(35)16-30(4,5)19-31/h10-13,22H,7-9,14-20H2,1-6H3,(H,32,36). The Morgan fingerprint density at radius 3 is 2.39 bits per heavy atom. The van der Waals surface area contributed by atoms with Gasteiger partial charge >= 0.3 is 0 Å². The third-order valence-electron chi connectivity index (χ3n) is 9.16. The number of anilines is 1. The number of amides is 2. The van der Waals surface area contributed by atoms with Crippen molar-refractivity contribution in [1.29, 1.82) is 0 Å². The van der Waals surface area contributed by atoms with Crippen LogP contribution in [0.15, 0.2) is 29.2 Å². The number of hydrogen-bond donors (Lipinski definition) is 1. The van der Waals surface area contributed by atoms with Crippen LogP contribution in [0, 0.1) is 10.8 Å². The van der Waals surface area contributed by atoms with Crippen LogP contribution in [0.4, 0.5) is 5.00 Å². The molecule has 0 spiro atoms. The Morgan fingerprint density at radius 1 is 1.07 bits per heavy atom. The highest BCUT2D eigenvalue weighted by Crippen LogP contribution is 2.53. The third-order valence-corrected chi connectivity index (χ3v) is 12.2. The number of nitrogens with one attached hydrogen (secondary N) is 1. The third kappa shape index (κ3) is 5.72. The van der Waals surface area contributed by atoms with Crippen molar-refractivity contribution in [3.8, 4) is 0 Å². The Kier molecular flexibility index (Phi) is 8.17. The molecule has 1 aliphatic carbocycles. The number of benzene rings is 1. The Labute approximate surface area is 249 Å². The molecule has 1 aromatic heterocycles. The number of sulfonamides is 1. The largest absolute Gasteiger partial charge is 0.339 e. The lowest BCUT2D eigenvalue weighted by Gasteiger charge is -2.39. The highest BCUT2D eigenvalue weighted by Gasteiger charge is 2.53. The molecule has 2 fully saturated rings. The van der Waals surface area contributed by atoms with Gasteiger partial charge in [-0.25, -0.2) is 8.42 Å². The van der Waals surface area contributed by atoms with Gasteiger partial charge in [-0.2, -0.15) is 4.31 Å². The predicted octanol–water partition coefficient (Wildman–Crippen LogP) is 5.45. The molecule has 3 heterocycles. The van der Waals surface area contributed by atoms with Crippen LogP contribution in [0.2, 0.25) is 0 Å². The number of thiophene rings is 1. The first kappa shape index (κ1) is 30.2. The van der Waals surface area contributed by atoms with Gasteiger partial charge in [-0.05, 0) is 86.7 Å². The van der Waals surface area contributed by atoms with Crippen molar-refractivity contribution in [3.05, 3.63) is 45.8 Å². The maximum Gasteiger partial charge on any atom is 0.257 e. The smallest absolute Gasteiger partial charge is 0.257 e. The summed E-state index contributed by atoms with van der Waals surface area (Å²) in [5.74, 6) is -0.401. The lowest BCUT2D eigenvalue weighted by molar-refractivity contribution is 0.0772. The Morgan fingerprint density at radius 2 is 1.76 bits per heavy atom. The van der Waals surface area contributed by atoms with Gasteiger partial charge in [-0.3, -0.25) is 14.5 Å². The zero-order valence-electron chi connectivity index (χ0n) is 25.2. The van der Waals surface area contributed by atoms with Crippen LogP contribution in [-0.4, -0.2) is 73.1 Å². The van der Waals surface area contributed by atoms with Crippen molar-refractivity contribution in [3.63, 3.8) is 0 Å². The number of rotatable bonds is 8. The second kappa shape index (κ2) is 11.1. The van der Waals surface area contributed by atoms with Crippen LogP contribution in [0.1, 0.15) is 92.0 Å². The molecule has 1 N–H and O–H groups in total. The lowest BCUT2D eigenvalue weighted by atomic mass is 9.65. The molecule has 10 heteroatoms. The monoisotopic (exact) mass is 600 g/mol.